The Morgan fingerprint density at radius 1 is 0.932 bits per heavy atom. The number of aliphatic carboxylic acids is 2. The number of carboxylic acids is 2. The molecule has 0 spiro atoms. The normalized spacial score (nSPS) is 21.2. The van der Waals surface area contributed by atoms with Gasteiger partial charge in [-0.15, -0.1) is 0 Å². The molecule has 4 heterocycles. The number of hydrogen-bond donors (Lipinski definition) is 2. The van der Waals surface area contributed by atoms with E-state index in [1.165, 1.54) is 21.7 Å². The lowest BCUT2D eigenvalue weighted by Crippen LogP contribution is -3.13. The quantitative estimate of drug-likeness (QED) is 0.219. The van der Waals surface area contributed by atoms with Gasteiger partial charge in [0.15, 0.2) is 11.6 Å². The zero-order chi connectivity index (χ0) is 42.5. The predicted molar refractivity (Wildman–Crippen MR) is 215 cm³/mol. The van der Waals surface area contributed by atoms with Crippen LogP contribution in [0, 0.1) is 23.2 Å². The van der Waals surface area contributed by atoms with Crippen LogP contribution in [-0.4, -0.2) is 83.1 Å². The maximum absolute atomic E-state index is 14.0. The maximum Gasteiger partial charge on any atom is 0.430 e. The summed E-state index contributed by atoms with van der Waals surface area (Å²) in [7, 11) is 0. The monoisotopic (exact) mass is 816 g/mol. The molecule has 13 heteroatoms. The lowest BCUT2D eigenvalue weighted by Gasteiger charge is -2.39. The third-order valence-electron chi connectivity index (χ3n) is 12.6. The Morgan fingerprint density at radius 3 is 2.27 bits per heavy atom. The van der Waals surface area contributed by atoms with Crippen molar-refractivity contribution in [2.45, 2.75) is 97.2 Å². The molecule has 2 fully saturated rings. The van der Waals surface area contributed by atoms with Crippen LogP contribution in [-0.2, 0) is 40.2 Å². The van der Waals surface area contributed by atoms with E-state index in [2.05, 4.69) is 62.1 Å². The first-order chi connectivity index (χ1) is 27.9. The van der Waals surface area contributed by atoms with Crippen molar-refractivity contribution in [1.82, 2.24) is 9.88 Å². The lowest BCUT2D eigenvalue weighted by atomic mass is 9.71. The van der Waals surface area contributed by atoms with Crippen LogP contribution in [0.1, 0.15) is 104 Å². The largest absolute Gasteiger partial charge is 0.542 e. The van der Waals surface area contributed by atoms with Crippen molar-refractivity contribution in [2.75, 3.05) is 32.7 Å². The fourth-order valence-corrected chi connectivity index (χ4v) is 8.92. The van der Waals surface area contributed by atoms with Gasteiger partial charge in [-0.3, -0.25) is 24.3 Å². The zero-order valence-electron chi connectivity index (χ0n) is 34.2. The van der Waals surface area contributed by atoms with Crippen molar-refractivity contribution in [3.8, 4) is 0 Å². The van der Waals surface area contributed by atoms with Gasteiger partial charge in [-0.25, -0.2) is 4.99 Å². The first-order valence-corrected chi connectivity index (χ1v) is 20.8. The van der Waals surface area contributed by atoms with Crippen molar-refractivity contribution in [1.29, 1.82) is 0 Å². The third-order valence-corrected chi connectivity index (χ3v) is 12.6. The van der Waals surface area contributed by atoms with Gasteiger partial charge in [-0.2, -0.15) is 13.2 Å². The Kier molecular flexibility index (Phi) is 13.9. The van der Waals surface area contributed by atoms with Gasteiger partial charge in [0.2, 0.25) is 0 Å². The summed E-state index contributed by atoms with van der Waals surface area (Å²) in [5.41, 5.74) is 8.10. The second-order valence-corrected chi connectivity index (χ2v) is 17.9. The maximum atomic E-state index is 14.0. The number of alkyl halides is 3. The lowest BCUT2D eigenvalue weighted by molar-refractivity contribution is -0.906. The van der Waals surface area contributed by atoms with Crippen LogP contribution >= 0.6 is 0 Å². The summed E-state index contributed by atoms with van der Waals surface area (Å²) >= 11 is 0. The number of aryl methyl sites for hydroxylation is 1. The number of aromatic nitrogens is 1. The van der Waals surface area contributed by atoms with Crippen LogP contribution in [0.4, 0.5) is 18.9 Å². The van der Waals surface area contributed by atoms with Gasteiger partial charge in [-0.1, -0.05) is 69.3 Å². The number of ketones is 2. The van der Waals surface area contributed by atoms with E-state index in [0.717, 1.165) is 87.5 Å². The van der Waals surface area contributed by atoms with Crippen molar-refractivity contribution >= 4 is 34.9 Å². The first-order valence-electron chi connectivity index (χ1n) is 20.8. The Balaban J connectivity index is 0.000000768. The topological polar surface area (TPSA) is 144 Å². The summed E-state index contributed by atoms with van der Waals surface area (Å²) < 4.78 is 31.5. The molecule has 7 rings (SSSR count). The van der Waals surface area contributed by atoms with Crippen LogP contribution in [0.5, 0.6) is 0 Å². The molecular formula is C46H55F3N4O6. The molecule has 0 bridgehead atoms. The molecule has 2 N–H and O–H groups in total. The minimum absolute atomic E-state index is 0.0535. The molecule has 4 aliphatic rings. The molecule has 0 unspecified atom stereocenters. The number of Topliss-reactive ketones (excluding diaryl/α,β-unsaturated/α-hetero) is 2. The smallest absolute Gasteiger partial charge is 0.430 e. The number of carbonyl (C=O) groups excluding carboxylic acids is 3. The number of piperidine rings is 1. The number of likely N-dealkylation sites (tertiary alicyclic amines) is 2. The number of benzene rings is 2. The van der Waals surface area contributed by atoms with E-state index in [4.69, 9.17) is 19.9 Å². The number of nitrogens with one attached hydrogen (secondary N) is 1. The van der Waals surface area contributed by atoms with E-state index in [9.17, 15) is 32.7 Å². The average molecular weight is 817 g/mol. The number of aliphatic imine (C=N–C) groups is 1. The van der Waals surface area contributed by atoms with Gasteiger partial charge in [0.1, 0.15) is 5.97 Å². The average Bonchev–Trinajstić information content (AvgIpc) is 3.60. The molecule has 3 aliphatic heterocycles. The molecule has 0 radical (unpaired) electrons. The summed E-state index contributed by atoms with van der Waals surface area (Å²) in [5, 5.41) is 18.3. The molecule has 59 heavy (non-hydrogen) atoms. The van der Waals surface area contributed by atoms with E-state index in [1.807, 2.05) is 24.3 Å². The summed E-state index contributed by atoms with van der Waals surface area (Å²) in [5.74, 6) is -2.84. The molecule has 0 amide bonds. The van der Waals surface area contributed by atoms with E-state index < -0.39 is 18.1 Å². The number of carboxylic acid groups (broad SMARTS) is 2. The number of hydrogen-bond acceptors (Lipinski definition) is 8. The van der Waals surface area contributed by atoms with Crippen LogP contribution < -0.4 is 10.0 Å². The fraction of sp³-hybridized carbons (Fsp3) is 0.522. The predicted octanol–water partition coefficient (Wildman–Crippen LogP) is 5.38. The molecule has 0 saturated carbocycles. The number of fused-ring (bicyclic) bond motifs is 2. The van der Waals surface area contributed by atoms with E-state index >= 15 is 0 Å². The molecule has 2 aromatic carbocycles. The number of pyridine rings is 1. The Labute approximate surface area is 343 Å². The zero-order valence-corrected chi connectivity index (χ0v) is 34.2. The highest BCUT2D eigenvalue weighted by Gasteiger charge is 2.34. The molecule has 3 aromatic rings. The molecular weight excluding hydrogens is 762 g/mol. The standard InChI is InChI=1S/C44H54N4O4.C2HF3O2/c1-44(2,3)36-12-13-37-35(22-36)23-38-39(45-37)25-40(46-38)42(50)24-33(16-19-47-17-14-31(15-18-47)43(51)52)32-10-7-11-34(21-32)41(49)20-30-27-48(28-30)26-29-8-5-4-6-9-29;3-2(4,5)1(6)7/h4-11,21,23,30-31,33,36H,12-20,22,24-28H2,1-3H3,(H,51,52);(H,6,7)/t33-,36-;/m0./s1. The molecule has 10 nitrogen and oxygen atoms in total. The highest BCUT2D eigenvalue weighted by atomic mass is 19.4. The molecule has 1 aliphatic carbocycles. The van der Waals surface area contributed by atoms with Crippen LogP contribution in [0.15, 0.2) is 65.7 Å². The SMILES string of the molecule is CC(C)(C)[C@H]1CCc2nc3c(cc2C1)N=C(C(=O)C[C@H](CC[NH+]1CCC(C(=O)O)CC1)c1cccc(C(=O)CC2CN(Cc4ccccc4)C2)c1)C3.O=C([O-])C(F)(F)F. The summed E-state index contributed by atoms with van der Waals surface area (Å²) in [6.07, 6.45) is 1.43. The number of carbonyl (C=O) groups is 4. The first kappa shape index (κ1) is 43.8. The Morgan fingerprint density at radius 2 is 1.63 bits per heavy atom. The Hall–Kier alpha value is -4.75. The molecule has 1 aromatic heterocycles. The second kappa shape index (κ2) is 18.7. The van der Waals surface area contributed by atoms with Crippen molar-refractivity contribution in [2.24, 2.45) is 28.2 Å². The van der Waals surface area contributed by atoms with Gasteiger partial charge < -0.3 is 19.9 Å². The van der Waals surface area contributed by atoms with Gasteiger partial charge in [-0.05, 0) is 71.3 Å². The summed E-state index contributed by atoms with van der Waals surface area (Å²) in [6.45, 7) is 12.2. The summed E-state index contributed by atoms with van der Waals surface area (Å²) in [4.78, 5) is 61.6. The van der Waals surface area contributed by atoms with E-state index in [0.29, 0.717) is 49.7 Å². The highest BCUT2D eigenvalue weighted by Crippen LogP contribution is 2.39. The van der Waals surface area contributed by atoms with Crippen molar-refractivity contribution in [3.05, 3.63) is 94.3 Å². The van der Waals surface area contributed by atoms with Crippen LogP contribution in [0.2, 0.25) is 0 Å². The van der Waals surface area contributed by atoms with Crippen molar-refractivity contribution in [3.63, 3.8) is 0 Å². The molecule has 2 saturated heterocycles. The van der Waals surface area contributed by atoms with Crippen molar-refractivity contribution < 1.29 is 47.5 Å². The van der Waals surface area contributed by atoms with Crippen LogP contribution in [0.3, 0.4) is 0 Å². The second-order valence-electron chi connectivity index (χ2n) is 17.9. The minimum Gasteiger partial charge on any atom is -0.542 e. The van der Waals surface area contributed by atoms with Gasteiger partial charge in [0.25, 0.3) is 0 Å². The van der Waals surface area contributed by atoms with E-state index in [1.54, 1.807) is 0 Å². The van der Waals surface area contributed by atoms with Gasteiger partial charge in [0.05, 0.1) is 42.6 Å². The third kappa shape index (κ3) is 11.7. The van der Waals surface area contributed by atoms with Crippen LogP contribution in [0.25, 0.3) is 0 Å². The number of rotatable bonds is 13. The summed E-state index contributed by atoms with van der Waals surface area (Å²) in [6, 6.07) is 20.6. The molecule has 2 atom stereocenters. The van der Waals surface area contributed by atoms with Gasteiger partial charge in [0, 0.05) is 69.4 Å². The number of quaternary nitrogens is 1. The Bertz CT molecular complexity index is 2030. The molecule has 316 valence electrons. The van der Waals surface area contributed by atoms with E-state index in [-0.39, 0.29) is 28.8 Å². The highest BCUT2D eigenvalue weighted by molar-refractivity contribution is 6.41. The number of halogens is 3. The number of nitrogens with zero attached hydrogens (tertiary/aromatic N) is 3. The minimum atomic E-state index is -5.19. The van der Waals surface area contributed by atoms with Gasteiger partial charge >= 0.3 is 12.1 Å². The fourth-order valence-electron chi connectivity index (χ4n) is 8.92.